The molecule has 1 aromatic heterocycles. The molecule has 5 nitrogen and oxygen atoms in total. The van der Waals surface area contributed by atoms with Gasteiger partial charge in [-0.15, -0.1) is 0 Å². The van der Waals surface area contributed by atoms with E-state index in [1.807, 2.05) is 29.1 Å². The summed E-state index contributed by atoms with van der Waals surface area (Å²) < 4.78 is 7.63. The molecule has 128 valence electrons. The van der Waals surface area contributed by atoms with Crippen molar-refractivity contribution < 1.29 is 9.84 Å². The second-order valence-corrected chi connectivity index (χ2v) is 6.86. The van der Waals surface area contributed by atoms with Gasteiger partial charge in [-0.05, 0) is 31.0 Å². The molecule has 0 unspecified atom stereocenters. The van der Waals surface area contributed by atoms with Gasteiger partial charge in [0.15, 0.2) is 0 Å². The molecule has 3 atom stereocenters. The minimum absolute atomic E-state index is 0.180. The Labute approximate surface area is 142 Å². The highest BCUT2D eigenvalue weighted by atomic mass is 16.5. The van der Waals surface area contributed by atoms with E-state index in [9.17, 15) is 5.11 Å². The minimum atomic E-state index is -0.180. The van der Waals surface area contributed by atoms with Gasteiger partial charge in [0.2, 0.25) is 0 Å². The fraction of sp³-hybridized carbons (Fsp3) is 0.526. The molecule has 1 aliphatic heterocycles. The molecule has 0 spiro atoms. The summed E-state index contributed by atoms with van der Waals surface area (Å²) in [6.45, 7) is 3.21. The zero-order valence-electron chi connectivity index (χ0n) is 13.9. The van der Waals surface area contributed by atoms with Gasteiger partial charge in [-0.1, -0.05) is 24.6 Å². The summed E-state index contributed by atoms with van der Waals surface area (Å²) >= 11 is 0. The van der Waals surface area contributed by atoms with Gasteiger partial charge in [0.25, 0.3) is 0 Å². The van der Waals surface area contributed by atoms with Crippen molar-refractivity contribution in [3.05, 3.63) is 48.3 Å². The Balaban J connectivity index is 1.48. The van der Waals surface area contributed by atoms with E-state index in [-0.39, 0.29) is 6.10 Å². The van der Waals surface area contributed by atoms with Gasteiger partial charge in [0.05, 0.1) is 30.7 Å². The zero-order valence-corrected chi connectivity index (χ0v) is 13.9. The summed E-state index contributed by atoms with van der Waals surface area (Å²) in [7, 11) is 0. The predicted molar refractivity (Wildman–Crippen MR) is 91.9 cm³/mol. The van der Waals surface area contributed by atoms with Crippen LogP contribution in [-0.2, 0) is 11.3 Å². The first kappa shape index (κ1) is 15.8. The lowest BCUT2D eigenvalue weighted by Gasteiger charge is -2.39. The van der Waals surface area contributed by atoms with E-state index in [0.717, 1.165) is 56.9 Å². The average molecular weight is 327 g/mol. The van der Waals surface area contributed by atoms with Crippen LogP contribution in [0.1, 0.15) is 25.0 Å². The topological polar surface area (TPSA) is 50.5 Å². The van der Waals surface area contributed by atoms with E-state index in [2.05, 4.69) is 23.1 Å². The van der Waals surface area contributed by atoms with Crippen molar-refractivity contribution in [3.8, 4) is 5.69 Å². The molecule has 0 amide bonds. The molecule has 1 saturated heterocycles. The maximum Gasteiger partial charge on any atom is 0.0769 e. The van der Waals surface area contributed by atoms with E-state index < -0.39 is 0 Å². The fourth-order valence-electron chi connectivity index (χ4n) is 4.04. The van der Waals surface area contributed by atoms with Gasteiger partial charge in [-0.2, -0.15) is 5.10 Å². The first-order chi connectivity index (χ1) is 11.8. The van der Waals surface area contributed by atoms with Crippen LogP contribution in [0.3, 0.4) is 0 Å². The molecule has 0 radical (unpaired) electrons. The van der Waals surface area contributed by atoms with E-state index in [4.69, 9.17) is 9.84 Å². The SMILES string of the molecule is O[C@@H]1CCC[C@@H]1[C@@H]1COCCN1Cc1ccn(-c2ccccc2)n1. The largest absolute Gasteiger partial charge is 0.393 e. The van der Waals surface area contributed by atoms with Crippen LogP contribution in [0.2, 0.25) is 0 Å². The summed E-state index contributed by atoms with van der Waals surface area (Å²) in [5, 5.41) is 15.0. The number of rotatable bonds is 4. The molecule has 1 saturated carbocycles. The van der Waals surface area contributed by atoms with Gasteiger partial charge >= 0.3 is 0 Å². The van der Waals surface area contributed by atoms with Crippen molar-refractivity contribution in [2.24, 2.45) is 5.92 Å². The first-order valence-corrected chi connectivity index (χ1v) is 8.91. The van der Waals surface area contributed by atoms with E-state index >= 15 is 0 Å². The van der Waals surface area contributed by atoms with Gasteiger partial charge in [-0.25, -0.2) is 4.68 Å². The van der Waals surface area contributed by atoms with Crippen LogP contribution in [0, 0.1) is 5.92 Å². The van der Waals surface area contributed by atoms with Crippen LogP contribution in [0.4, 0.5) is 0 Å². The normalized spacial score (nSPS) is 28.3. The first-order valence-electron chi connectivity index (χ1n) is 8.91. The Bertz CT molecular complexity index is 658. The highest BCUT2D eigenvalue weighted by Gasteiger charge is 2.37. The monoisotopic (exact) mass is 327 g/mol. The van der Waals surface area contributed by atoms with Crippen molar-refractivity contribution >= 4 is 0 Å². The number of para-hydroxylation sites is 1. The Kier molecular flexibility index (Phi) is 4.65. The second-order valence-electron chi connectivity index (χ2n) is 6.86. The fourth-order valence-corrected chi connectivity index (χ4v) is 4.04. The Morgan fingerprint density at radius 3 is 2.83 bits per heavy atom. The third-order valence-corrected chi connectivity index (χ3v) is 5.34. The molecule has 24 heavy (non-hydrogen) atoms. The number of aliphatic hydroxyl groups is 1. The number of benzene rings is 1. The van der Waals surface area contributed by atoms with Crippen molar-refractivity contribution in [3.63, 3.8) is 0 Å². The third-order valence-electron chi connectivity index (χ3n) is 5.34. The average Bonchev–Trinajstić information content (AvgIpc) is 3.25. The lowest BCUT2D eigenvalue weighted by molar-refractivity contribution is -0.0541. The van der Waals surface area contributed by atoms with Gasteiger partial charge in [0, 0.05) is 31.2 Å². The lowest BCUT2D eigenvalue weighted by atomic mass is 9.94. The number of hydrogen-bond acceptors (Lipinski definition) is 4. The summed E-state index contributed by atoms with van der Waals surface area (Å²) in [5.74, 6) is 0.335. The summed E-state index contributed by atoms with van der Waals surface area (Å²) in [6, 6.07) is 12.6. The molecule has 1 aromatic carbocycles. The van der Waals surface area contributed by atoms with Crippen LogP contribution in [-0.4, -0.2) is 51.7 Å². The van der Waals surface area contributed by atoms with Gasteiger partial charge in [0.1, 0.15) is 0 Å². The summed E-state index contributed by atoms with van der Waals surface area (Å²) in [4.78, 5) is 2.44. The van der Waals surface area contributed by atoms with Gasteiger partial charge < -0.3 is 9.84 Å². The number of aromatic nitrogens is 2. The number of hydrogen-bond donors (Lipinski definition) is 1. The van der Waals surface area contributed by atoms with Crippen LogP contribution in [0.5, 0.6) is 0 Å². The molecule has 4 rings (SSSR count). The Morgan fingerprint density at radius 2 is 2.04 bits per heavy atom. The maximum absolute atomic E-state index is 10.3. The second kappa shape index (κ2) is 7.05. The smallest absolute Gasteiger partial charge is 0.0769 e. The van der Waals surface area contributed by atoms with Crippen LogP contribution in [0.25, 0.3) is 5.69 Å². The number of ether oxygens (including phenoxy) is 1. The number of nitrogens with zero attached hydrogens (tertiary/aromatic N) is 3. The summed E-state index contributed by atoms with van der Waals surface area (Å²) in [6.07, 6.45) is 4.99. The maximum atomic E-state index is 10.3. The Hall–Kier alpha value is -1.69. The van der Waals surface area contributed by atoms with Crippen molar-refractivity contribution in [2.45, 2.75) is 38.0 Å². The van der Waals surface area contributed by atoms with Crippen molar-refractivity contribution in [1.29, 1.82) is 0 Å². The third kappa shape index (κ3) is 3.24. The molecule has 2 aliphatic rings. The number of aliphatic hydroxyl groups excluding tert-OH is 1. The van der Waals surface area contributed by atoms with Gasteiger partial charge in [-0.3, -0.25) is 4.90 Å². The molecule has 2 heterocycles. The molecule has 1 N–H and O–H groups in total. The molecular weight excluding hydrogens is 302 g/mol. The molecule has 2 fully saturated rings. The zero-order chi connectivity index (χ0) is 16.4. The van der Waals surface area contributed by atoms with Crippen LogP contribution >= 0.6 is 0 Å². The van der Waals surface area contributed by atoms with Crippen LogP contribution in [0.15, 0.2) is 42.6 Å². The summed E-state index contributed by atoms with van der Waals surface area (Å²) in [5.41, 5.74) is 2.15. The number of morpholine rings is 1. The van der Waals surface area contributed by atoms with Crippen LogP contribution < -0.4 is 0 Å². The minimum Gasteiger partial charge on any atom is -0.393 e. The quantitative estimate of drug-likeness (QED) is 0.936. The standard InChI is InChI=1S/C19H25N3O2/c23-19-8-4-7-17(19)18-14-24-12-11-21(18)13-15-9-10-22(20-15)16-5-2-1-3-6-16/h1-3,5-6,9-10,17-19,23H,4,7-8,11-14H2/t17-,18+,19-/m1/s1. The highest BCUT2D eigenvalue weighted by Crippen LogP contribution is 2.32. The highest BCUT2D eigenvalue weighted by molar-refractivity contribution is 5.30. The lowest BCUT2D eigenvalue weighted by Crippen LogP contribution is -2.50. The Morgan fingerprint density at radius 1 is 1.17 bits per heavy atom. The molecule has 2 aromatic rings. The predicted octanol–water partition coefficient (Wildman–Crippen LogP) is 2.23. The van der Waals surface area contributed by atoms with E-state index in [0.29, 0.717) is 12.0 Å². The van der Waals surface area contributed by atoms with E-state index in [1.54, 1.807) is 0 Å². The van der Waals surface area contributed by atoms with Crippen molar-refractivity contribution in [1.82, 2.24) is 14.7 Å². The van der Waals surface area contributed by atoms with E-state index in [1.165, 1.54) is 0 Å². The molecular formula is C19H25N3O2. The molecule has 0 bridgehead atoms. The van der Waals surface area contributed by atoms with Crippen molar-refractivity contribution in [2.75, 3.05) is 19.8 Å². The molecule has 5 heteroatoms. The molecule has 1 aliphatic carbocycles.